The Labute approximate surface area is 144 Å². The van der Waals surface area contributed by atoms with Crippen molar-refractivity contribution in [3.05, 3.63) is 52.4 Å². The molecule has 0 atom stereocenters. The normalized spacial score (nSPS) is 10.7. The van der Waals surface area contributed by atoms with E-state index in [1.807, 2.05) is 0 Å². The maximum absolute atomic E-state index is 12.5. The summed E-state index contributed by atoms with van der Waals surface area (Å²) in [6.45, 7) is 0. The number of nitrogens with one attached hydrogen (secondary N) is 1. The van der Waals surface area contributed by atoms with E-state index in [1.54, 1.807) is 57.6 Å². The lowest BCUT2D eigenvalue weighted by atomic mass is 10.2. The molecule has 3 aromatic rings. The third-order valence-electron chi connectivity index (χ3n) is 4.19. The van der Waals surface area contributed by atoms with Gasteiger partial charge in [0.05, 0.1) is 30.9 Å². The maximum atomic E-state index is 12.5. The summed E-state index contributed by atoms with van der Waals surface area (Å²) >= 11 is 0. The number of hydrogen-bond donors (Lipinski definition) is 1. The number of rotatable bonds is 4. The minimum atomic E-state index is -0.277. The van der Waals surface area contributed by atoms with Crippen molar-refractivity contribution in [2.45, 2.75) is 0 Å². The predicted octanol–water partition coefficient (Wildman–Crippen LogP) is 2.15. The minimum absolute atomic E-state index is 0.143. The van der Waals surface area contributed by atoms with Crippen LogP contribution in [0.15, 0.2) is 41.2 Å². The molecule has 0 saturated heterocycles. The summed E-state index contributed by atoms with van der Waals surface area (Å²) in [5.41, 5.74) is 2.28. The number of nitrogens with zero attached hydrogens (tertiary/aromatic N) is 2. The molecule has 7 nitrogen and oxygen atoms in total. The van der Waals surface area contributed by atoms with Gasteiger partial charge in [-0.3, -0.25) is 13.9 Å². The van der Waals surface area contributed by atoms with Gasteiger partial charge < -0.3 is 14.8 Å². The van der Waals surface area contributed by atoms with Gasteiger partial charge in [-0.05, 0) is 30.3 Å². The number of methoxy groups -OCH3 is 2. The zero-order chi connectivity index (χ0) is 18.1. The average Bonchev–Trinajstić information content (AvgIpc) is 2.85. The van der Waals surface area contributed by atoms with Crippen LogP contribution < -0.4 is 20.5 Å². The highest BCUT2D eigenvalue weighted by atomic mass is 16.5. The molecule has 1 N–H and O–H groups in total. The van der Waals surface area contributed by atoms with E-state index in [0.717, 1.165) is 5.52 Å². The van der Waals surface area contributed by atoms with E-state index in [-0.39, 0.29) is 11.6 Å². The van der Waals surface area contributed by atoms with Crippen LogP contribution in [0.5, 0.6) is 11.5 Å². The Morgan fingerprint density at radius 2 is 1.56 bits per heavy atom. The number of carbonyl (C=O) groups is 1. The predicted molar refractivity (Wildman–Crippen MR) is 95.7 cm³/mol. The first-order chi connectivity index (χ1) is 12.0. The van der Waals surface area contributed by atoms with E-state index in [1.165, 1.54) is 16.2 Å². The highest BCUT2D eigenvalue weighted by Gasteiger charge is 2.15. The van der Waals surface area contributed by atoms with Gasteiger partial charge in [0.2, 0.25) is 0 Å². The number of carbonyl (C=O) groups excluding carboxylic acids is 1. The number of imidazole rings is 1. The molecule has 0 aliphatic rings. The quantitative estimate of drug-likeness (QED) is 0.789. The van der Waals surface area contributed by atoms with Crippen LogP contribution in [0.2, 0.25) is 0 Å². The molecule has 0 bridgehead atoms. The lowest BCUT2D eigenvalue weighted by Crippen LogP contribution is -2.19. The van der Waals surface area contributed by atoms with Crippen molar-refractivity contribution >= 4 is 22.6 Å². The van der Waals surface area contributed by atoms with Crippen molar-refractivity contribution < 1.29 is 14.3 Å². The van der Waals surface area contributed by atoms with E-state index in [9.17, 15) is 9.59 Å². The molecular formula is C18H19N3O4. The molecular weight excluding hydrogens is 322 g/mol. The number of amides is 1. The fraction of sp³-hybridized carbons (Fsp3) is 0.222. The van der Waals surface area contributed by atoms with Crippen molar-refractivity contribution in [3.63, 3.8) is 0 Å². The van der Waals surface area contributed by atoms with Crippen LogP contribution in [0.4, 0.5) is 5.69 Å². The first-order valence-corrected chi connectivity index (χ1v) is 7.65. The van der Waals surface area contributed by atoms with Gasteiger partial charge in [0.15, 0.2) is 0 Å². The Morgan fingerprint density at radius 1 is 0.960 bits per heavy atom. The molecule has 0 spiro atoms. The standard InChI is InChI=1S/C18H19N3O4/c1-20-14-9-13(16(25-4)10-15(14)21(2)18(20)23)19-17(22)11-5-7-12(24-3)8-6-11/h5-10H,1-4H3,(H,19,22). The molecule has 0 fully saturated rings. The number of aryl methyl sites for hydroxylation is 2. The summed E-state index contributed by atoms with van der Waals surface area (Å²) in [6.07, 6.45) is 0. The van der Waals surface area contributed by atoms with Crippen LogP contribution in [0.1, 0.15) is 10.4 Å². The van der Waals surface area contributed by atoms with Crippen LogP contribution in [0.25, 0.3) is 11.0 Å². The van der Waals surface area contributed by atoms with Crippen molar-refractivity contribution in [3.8, 4) is 11.5 Å². The molecule has 25 heavy (non-hydrogen) atoms. The molecule has 0 radical (unpaired) electrons. The second-order valence-corrected chi connectivity index (χ2v) is 5.62. The molecule has 0 saturated carbocycles. The Balaban J connectivity index is 2.00. The van der Waals surface area contributed by atoms with Crippen molar-refractivity contribution in [1.82, 2.24) is 9.13 Å². The van der Waals surface area contributed by atoms with E-state index in [2.05, 4.69) is 5.32 Å². The molecule has 3 rings (SSSR count). The first kappa shape index (κ1) is 16.6. The number of benzene rings is 2. The fourth-order valence-corrected chi connectivity index (χ4v) is 2.73. The zero-order valence-corrected chi connectivity index (χ0v) is 14.5. The van der Waals surface area contributed by atoms with Gasteiger partial charge in [0.25, 0.3) is 5.91 Å². The smallest absolute Gasteiger partial charge is 0.328 e. The van der Waals surface area contributed by atoms with Gasteiger partial charge >= 0.3 is 5.69 Å². The molecule has 0 unspecified atom stereocenters. The van der Waals surface area contributed by atoms with Crippen molar-refractivity contribution in [2.24, 2.45) is 14.1 Å². The summed E-state index contributed by atoms with van der Waals surface area (Å²) in [4.78, 5) is 24.6. The zero-order valence-electron chi connectivity index (χ0n) is 14.5. The Kier molecular flexibility index (Phi) is 4.22. The molecule has 7 heteroatoms. The van der Waals surface area contributed by atoms with Crippen molar-refractivity contribution in [2.75, 3.05) is 19.5 Å². The second kappa shape index (κ2) is 6.35. The average molecular weight is 341 g/mol. The van der Waals surface area contributed by atoms with E-state index >= 15 is 0 Å². The molecule has 1 heterocycles. The second-order valence-electron chi connectivity index (χ2n) is 5.62. The Bertz CT molecular complexity index is 1000. The maximum Gasteiger partial charge on any atom is 0.328 e. The van der Waals surface area contributed by atoms with Crippen LogP contribution >= 0.6 is 0 Å². The number of hydrogen-bond acceptors (Lipinski definition) is 4. The molecule has 130 valence electrons. The Hall–Kier alpha value is -3.22. The third-order valence-corrected chi connectivity index (χ3v) is 4.19. The van der Waals surface area contributed by atoms with Crippen LogP contribution in [0.3, 0.4) is 0 Å². The third kappa shape index (κ3) is 2.84. The summed E-state index contributed by atoms with van der Waals surface area (Å²) < 4.78 is 13.5. The van der Waals surface area contributed by atoms with Gasteiger partial charge in [0, 0.05) is 25.7 Å². The van der Waals surface area contributed by atoms with Gasteiger partial charge in [-0.1, -0.05) is 0 Å². The minimum Gasteiger partial charge on any atom is -0.497 e. The molecule has 0 aliphatic heterocycles. The molecule has 2 aromatic carbocycles. The first-order valence-electron chi connectivity index (χ1n) is 7.65. The summed E-state index contributed by atoms with van der Waals surface area (Å²) in [5, 5.41) is 2.83. The summed E-state index contributed by atoms with van der Waals surface area (Å²) in [6, 6.07) is 10.3. The Morgan fingerprint density at radius 3 is 2.12 bits per heavy atom. The summed E-state index contributed by atoms with van der Waals surface area (Å²) in [7, 11) is 6.47. The van der Waals surface area contributed by atoms with E-state index in [4.69, 9.17) is 9.47 Å². The number of ether oxygens (including phenoxy) is 2. The molecule has 0 aliphatic carbocycles. The largest absolute Gasteiger partial charge is 0.497 e. The van der Waals surface area contributed by atoms with E-state index < -0.39 is 0 Å². The number of fused-ring (bicyclic) bond motifs is 1. The van der Waals surface area contributed by atoms with Crippen LogP contribution in [-0.4, -0.2) is 29.3 Å². The summed E-state index contributed by atoms with van der Waals surface area (Å²) in [5.74, 6) is 0.881. The van der Waals surface area contributed by atoms with E-state index in [0.29, 0.717) is 28.3 Å². The van der Waals surface area contributed by atoms with Crippen LogP contribution in [-0.2, 0) is 14.1 Å². The lowest BCUT2D eigenvalue weighted by molar-refractivity contribution is 0.102. The van der Waals surface area contributed by atoms with Gasteiger partial charge in [0.1, 0.15) is 11.5 Å². The van der Waals surface area contributed by atoms with Crippen LogP contribution in [0, 0.1) is 0 Å². The molecule has 1 aromatic heterocycles. The SMILES string of the molecule is COc1ccc(C(=O)Nc2cc3c(cc2OC)n(C)c(=O)n3C)cc1. The lowest BCUT2D eigenvalue weighted by Gasteiger charge is -2.11. The highest BCUT2D eigenvalue weighted by molar-refractivity contribution is 6.06. The van der Waals surface area contributed by atoms with Crippen molar-refractivity contribution in [1.29, 1.82) is 0 Å². The fourth-order valence-electron chi connectivity index (χ4n) is 2.73. The van der Waals surface area contributed by atoms with Gasteiger partial charge in [-0.2, -0.15) is 0 Å². The number of anilines is 1. The monoisotopic (exact) mass is 341 g/mol. The highest BCUT2D eigenvalue weighted by Crippen LogP contribution is 2.30. The molecule has 1 amide bonds. The number of aromatic nitrogens is 2. The van der Waals surface area contributed by atoms with Gasteiger partial charge in [-0.15, -0.1) is 0 Å². The topological polar surface area (TPSA) is 74.5 Å². The van der Waals surface area contributed by atoms with Gasteiger partial charge in [-0.25, -0.2) is 4.79 Å².